The Labute approximate surface area is 136 Å². The van der Waals surface area contributed by atoms with Gasteiger partial charge in [0.25, 0.3) is 5.91 Å². The molecule has 1 amide bonds. The van der Waals surface area contributed by atoms with Gasteiger partial charge in [0.2, 0.25) is 0 Å². The zero-order valence-electron chi connectivity index (χ0n) is 12.5. The van der Waals surface area contributed by atoms with Crippen LogP contribution in [0.4, 0.5) is 8.78 Å². The maximum absolute atomic E-state index is 13.2. The molecule has 2 N–H and O–H groups in total. The zero-order valence-corrected chi connectivity index (χ0v) is 12.5. The number of aromatic nitrogens is 1. The Bertz CT molecular complexity index is 899. The van der Waals surface area contributed by atoms with Crippen molar-refractivity contribution in [2.45, 2.75) is 6.10 Å². The van der Waals surface area contributed by atoms with E-state index in [1.807, 2.05) is 18.2 Å². The molecule has 0 aliphatic carbocycles. The Morgan fingerprint density at radius 2 is 1.88 bits per heavy atom. The highest BCUT2D eigenvalue weighted by Gasteiger charge is 2.14. The molecule has 122 valence electrons. The van der Waals surface area contributed by atoms with Gasteiger partial charge >= 0.3 is 0 Å². The zero-order chi connectivity index (χ0) is 17.1. The lowest BCUT2D eigenvalue weighted by molar-refractivity contribution is 0.0911. The van der Waals surface area contributed by atoms with E-state index in [0.29, 0.717) is 5.52 Å². The second-order valence-electron chi connectivity index (χ2n) is 5.29. The number of benzene rings is 2. The molecule has 0 saturated heterocycles. The molecule has 0 spiro atoms. The topological polar surface area (TPSA) is 62.2 Å². The fourth-order valence-electron chi connectivity index (χ4n) is 2.31. The summed E-state index contributed by atoms with van der Waals surface area (Å²) in [5.74, 6) is -2.49. The first-order chi connectivity index (χ1) is 11.5. The molecule has 1 heterocycles. The van der Waals surface area contributed by atoms with Crippen molar-refractivity contribution in [3.63, 3.8) is 0 Å². The van der Waals surface area contributed by atoms with Crippen LogP contribution in [0, 0.1) is 11.6 Å². The van der Waals surface area contributed by atoms with Crippen molar-refractivity contribution < 1.29 is 18.7 Å². The van der Waals surface area contributed by atoms with E-state index >= 15 is 0 Å². The molecular weight excluding hydrogens is 314 g/mol. The van der Waals surface area contributed by atoms with Gasteiger partial charge < -0.3 is 10.4 Å². The number of para-hydroxylation sites is 1. The summed E-state index contributed by atoms with van der Waals surface area (Å²) in [5, 5.41) is 13.4. The SMILES string of the molecule is O=C(NC[C@H](O)c1ccc(F)c(F)c1)c1ccc2ccccc2n1. The summed E-state index contributed by atoms with van der Waals surface area (Å²) >= 11 is 0. The number of amides is 1. The molecule has 0 saturated carbocycles. The number of hydrogen-bond donors (Lipinski definition) is 2. The van der Waals surface area contributed by atoms with Crippen LogP contribution in [-0.2, 0) is 0 Å². The van der Waals surface area contributed by atoms with Crippen LogP contribution in [0.3, 0.4) is 0 Å². The van der Waals surface area contributed by atoms with E-state index in [-0.39, 0.29) is 17.8 Å². The highest BCUT2D eigenvalue weighted by Crippen LogP contribution is 2.16. The number of aliphatic hydroxyl groups excluding tert-OH is 1. The molecule has 1 atom stereocenters. The lowest BCUT2D eigenvalue weighted by Gasteiger charge is -2.12. The minimum atomic E-state index is -1.15. The number of fused-ring (bicyclic) bond motifs is 1. The van der Waals surface area contributed by atoms with Crippen LogP contribution in [0.1, 0.15) is 22.2 Å². The second-order valence-corrected chi connectivity index (χ2v) is 5.29. The van der Waals surface area contributed by atoms with Crippen LogP contribution in [-0.4, -0.2) is 22.5 Å². The monoisotopic (exact) mass is 328 g/mol. The Morgan fingerprint density at radius 3 is 2.67 bits per heavy atom. The van der Waals surface area contributed by atoms with E-state index in [1.54, 1.807) is 18.2 Å². The third-order valence-electron chi connectivity index (χ3n) is 3.62. The summed E-state index contributed by atoms with van der Waals surface area (Å²) < 4.78 is 26.1. The number of hydrogen-bond acceptors (Lipinski definition) is 3. The molecule has 24 heavy (non-hydrogen) atoms. The van der Waals surface area contributed by atoms with Crippen molar-refractivity contribution >= 4 is 16.8 Å². The highest BCUT2D eigenvalue weighted by molar-refractivity contribution is 5.94. The lowest BCUT2D eigenvalue weighted by Crippen LogP contribution is -2.29. The summed E-state index contributed by atoms with van der Waals surface area (Å²) in [6, 6.07) is 13.8. The average Bonchev–Trinajstić information content (AvgIpc) is 2.61. The molecule has 0 radical (unpaired) electrons. The first-order valence-electron chi connectivity index (χ1n) is 7.31. The van der Waals surface area contributed by atoms with Gasteiger partial charge in [-0.05, 0) is 29.8 Å². The predicted molar refractivity (Wildman–Crippen MR) is 85.4 cm³/mol. The Morgan fingerprint density at radius 1 is 1.08 bits per heavy atom. The van der Waals surface area contributed by atoms with Crippen molar-refractivity contribution in [2.24, 2.45) is 0 Å². The second kappa shape index (κ2) is 6.72. The van der Waals surface area contributed by atoms with Gasteiger partial charge in [-0.25, -0.2) is 13.8 Å². The van der Waals surface area contributed by atoms with Crippen LogP contribution >= 0.6 is 0 Å². The Kier molecular flexibility index (Phi) is 4.48. The maximum atomic E-state index is 13.2. The van der Waals surface area contributed by atoms with E-state index in [2.05, 4.69) is 10.3 Å². The van der Waals surface area contributed by atoms with Crippen LogP contribution < -0.4 is 5.32 Å². The minimum Gasteiger partial charge on any atom is -0.387 e. The molecular formula is C18H14F2N2O2. The third-order valence-corrected chi connectivity index (χ3v) is 3.62. The van der Waals surface area contributed by atoms with Gasteiger partial charge in [0.05, 0.1) is 11.6 Å². The average molecular weight is 328 g/mol. The number of nitrogens with one attached hydrogen (secondary N) is 1. The molecule has 6 heteroatoms. The van der Waals surface area contributed by atoms with E-state index in [1.165, 1.54) is 6.07 Å². The molecule has 3 aromatic rings. The minimum absolute atomic E-state index is 0.140. The molecule has 0 fully saturated rings. The summed E-state index contributed by atoms with van der Waals surface area (Å²) in [6.07, 6.45) is -1.15. The van der Waals surface area contributed by atoms with E-state index in [9.17, 15) is 18.7 Å². The Balaban J connectivity index is 1.68. The fourth-order valence-corrected chi connectivity index (χ4v) is 2.31. The number of pyridine rings is 1. The summed E-state index contributed by atoms with van der Waals surface area (Å²) in [5.41, 5.74) is 1.08. The van der Waals surface area contributed by atoms with Gasteiger partial charge in [0.1, 0.15) is 5.69 Å². The third kappa shape index (κ3) is 3.38. The van der Waals surface area contributed by atoms with Crippen molar-refractivity contribution in [2.75, 3.05) is 6.54 Å². The molecule has 0 aliphatic rings. The number of carbonyl (C=O) groups excluding carboxylic acids is 1. The van der Waals surface area contributed by atoms with Crippen LogP contribution in [0.25, 0.3) is 10.9 Å². The van der Waals surface area contributed by atoms with Gasteiger partial charge in [-0.15, -0.1) is 0 Å². The van der Waals surface area contributed by atoms with E-state index in [0.717, 1.165) is 17.5 Å². The first-order valence-corrected chi connectivity index (χ1v) is 7.31. The van der Waals surface area contributed by atoms with Gasteiger partial charge in [0, 0.05) is 11.9 Å². The van der Waals surface area contributed by atoms with Gasteiger partial charge in [-0.1, -0.05) is 30.3 Å². The summed E-state index contributed by atoms with van der Waals surface area (Å²) in [7, 11) is 0. The van der Waals surface area contributed by atoms with Crippen molar-refractivity contribution in [3.8, 4) is 0 Å². The van der Waals surface area contributed by atoms with E-state index in [4.69, 9.17) is 0 Å². The highest BCUT2D eigenvalue weighted by atomic mass is 19.2. The van der Waals surface area contributed by atoms with Crippen LogP contribution in [0.5, 0.6) is 0 Å². The predicted octanol–water partition coefficient (Wildman–Crippen LogP) is 2.98. The number of aliphatic hydroxyl groups is 1. The smallest absolute Gasteiger partial charge is 0.270 e. The Hall–Kier alpha value is -2.86. The largest absolute Gasteiger partial charge is 0.387 e. The van der Waals surface area contributed by atoms with Crippen molar-refractivity contribution in [3.05, 3.63) is 77.5 Å². The number of halogens is 2. The van der Waals surface area contributed by atoms with Gasteiger partial charge in [-0.3, -0.25) is 4.79 Å². The molecule has 0 aliphatic heterocycles. The molecule has 0 bridgehead atoms. The number of rotatable bonds is 4. The van der Waals surface area contributed by atoms with Crippen molar-refractivity contribution in [1.29, 1.82) is 0 Å². The summed E-state index contributed by atoms with van der Waals surface area (Å²) in [4.78, 5) is 16.4. The number of carbonyl (C=O) groups is 1. The normalized spacial score (nSPS) is 12.1. The lowest BCUT2D eigenvalue weighted by atomic mass is 10.1. The van der Waals surface area contributed by atoms with Crippen LogP contribution in [0.15, 0.2) is 54.6 Å². The molecule has 3 rings (SSSR count). The molecule has 2 aromatic carbocycles. The van der Waals surface area contributed by atoms with Crippen molar-refractivity contribution in [1.82, 2.24) is 10.3 Å². The fraction of sp³-hybridized carbons (Fsp3) is 0.111. The number of nitrogens with zero attached hydrogens (tertiary/aromatic N) is 1. The molecule has 1 aromatic heterocycles. The molecule has 4 nitrogen and oxygen atoms in total. The van der Waals surface area contributed by atoms with Gasteiger partial charge in [-0.2, -0.15) is 0 Å². The van der Waals surface area contributed by atoms with Crippen LogP contribution in [0.2, 0.25) is 0 Å². The molecule has 0 unspecified atom stereocenters. The van der Waals surface area contributed by atoms with Gasteiger partial charge in [0.15, 0.2) is 11.6 Å². The first kappa shape index (κ1) is 16.0. The quantitative estimate of drug-likeness (QED) is 0.774. The maximum Gasteiger partial charge on any atom is 0.270 e. The van der Waals surface area contributed by atoms with E-state index < -0.39 is 23.6 Å². The summed E-state index contributed by atoms with van der Waals surface area (Å²) in [6.45, 7) is -0.140. The standard InChI is InChI=1S/C18H14F2N2O2/c19-13-7-5-12(9-14(13)20)17(23)10-21-18(24)16-8-6-11-3-1-2-4-15(11)22-16/h1-9,17,23H,10H2,(H,21,24)/t17-/m0/s1.